The predicted molar refractivity (Wildman–Crippen MR) is 92.9 cm³/mol. The lowest BCUT2D eigenvalue weighted by atomic mass is 10.2. The number of amides is 4. The minimum Gasteiger partial charge on any atom is -0.338 e. The van der Waals surface area contributed by atoms with E-state index in [4.69, 9.17) is 0 Å². The lowest BCUT2D eigenvalue weighted by molar-refractivity contribution is -0.862. The highest BCUT2D eigenvalue weighted by Gasteiger charge is 2.16. The summed E-state index contributed by atoms with van der Waals surface area (Å²) in [5.41, 5.74) is 1.84. The standard InChI is InChI=1S/C17H26N4O3/c1-4-5-10-18-17(24)20-16(23)12-21(3)11-15(22)19-14-8-6-13(2)7-9-14/h6-9H,4-5,10-12H2,1-3H3,(H,19,22)(H2,18,20,23,24)/p+1. The predicted octanol–water partition coefficient (Wildman–Crippen LogP) is 0.0741. The SMILES string of the molecule is CCCCNC(=O)NC(=O)C[NH+](C)CC(=O)Nc1ccc(C)cc1. The summed E-state index contributed by atoms with van der Waals surface area (Å²) in [6, 6.07) is 6.99. The number of anilines is 1. The van der Waals surface area contributed by atoms with E-state index in [0.717, 1.165) is 24.1 Å². The Labute approximate surface area is 142 Å². The molecule has 24 heavy (non-hydrogen) atoms. The molecule has 1 aromatic carbocycles. The highest BCUT2D eigenvalue weighted by Crippen LogP contribution is 2.07. The summed E-state index contributed by atoms with van der Waals surface area (Å²) in [6.07, 6.45) is 1.84. The second kappa shape index (κ2) is 10.4. The van der Waals surface area contributed by atoms with Crippen LogP contribution in [0.15, 0.2) is 24.3 Å². The van der Waals surface area contributed by atoms with Gasteiger partial charge in [0.15, 0.2) is 13.1 Å². The Hall–Kier alpha value is -2.41. The quantitative estimate of drug-likeness (QED) is 0.507. The number of benzene rings is 1. The van der Waals surface area contributed by atoms with Crippen molar-refractivity contribution in [2.45, 2.75) is 26.7 Å². The zero-order chi connectivity index (χ0) is 17.9. The van der Waals surface area contributed by atoms with Crippen molar-refractivity contribution in [3.05, 3.63) is 29.8 Å². The van der Waals surface area contributed by atoms with E-state index in [2.05, 4.69) is 16.0 Å². The lowest BCUT2D eigenvalue weighted by Crippen LogP contribution is -3.11. The van der Waals surface area contributed by atoms with Crippen LogP contribution >= 0.6 is 0 Å². The zero-order valence-corrected chi connectivity index (χ0v) is 14.6. The number of urea groups is 1. The first-order chi connectivity index (χ1) is 11.4. The molecular weight excluding hydrogens is 308 g/mol. The Balaban J connectivity index is 2.30. The maximum Gasteiger partial charge on any atom is 0.321 e. The minimum atomic E-state index is -0.495. The summed E-state index contributed by atoms with van der Waals surface area (Å²) in [4.78, 5) is 35.9. The first kappa shape index (κ1) is 19.6. The first-order valence-electron chi connectivity index (χ1n) is 8.16. The number of likely N-dealkylation sites (N-methyl/N-ethyl adjacent to an activating group) is 1. The third kappa shape index (κ3) is 8.28. The molecule has 7 nitrogen and oxygen atoms in total. The zero-order valence-electron chi connectivity index (χ0n) is 14.6. The number of imide groups is 1. The van der Waals surface area contributed by atoms with Crippen LogP contribution in [0.1, 0.15) is 25.3 Å². The molecule has 1 rings (SSSR count). The molecule has 4 amide bonds. The summed E-state index contributed by atoms with van der Waals surface area (Å²) in [5, 5.41) is 7.64. The Bertz CT molecular complexity index is 557. The van der Waals surface area contributed by atoms with Gasteiger partial charge in [0.05, 0.1) is 7.05 Å². The van der Waals surface area contributed by atoms with Crippen LogP contribution in [0.4, 0.5) is 10.5 Å². The van der Waals surface area contributed by atoms with Crippen molar-refractivity contribution in [2.24, 2.45) is 0 Å². The van der Waals surface area contributed by atoms with Crippen LogP contribution in [0, 0.1) is 6.92 Å². The van der Waals surface area contributed by atoms with Crippen LogP contribution in [-0.2, 0) is 9.59 Å². The summed E-state index contributed by atoms with van der Waals surface area (Å²) >= 11 is 0. The van der Waals surface area contributed by atoms with Gasteiger partial charge < -0.3 is 15.5 Å². The summed E-state index contributed by atoms with van der Waals surface area (Å²) in [6.45, 7) is 4.71. The average Bonchev–Trinajstić information content (AvgIpc) is 2.49. The minimum absolute atomic E-state index is 0.0442. The van der Waals surface area contributed by atoms with Crippen LogP contribution in [0.5, 0.6) is 0 Å². The molecule has 0 bridgehead atoms. The number of carbonyl (C=O) groups is 3. The van der Waals surface area contributed by atoms with E-state index < -0.39 is 11.9 Å². The Kier molecular flexibility index (Phi) is 8.49. The van der Waals surface area contributed by atoms with Gasteiger partial charge in [-0.3, -0.25) is 14.9 Å². The summed E-state index contributed by atoms with van der Waals surface area (Å²) in [7, 11) is 1.73. The molecule has 0 heterocycles. The molecule has 0 aromatic heterocycles. The molecule has 0 radical (unpaired) electrons. The van der Waals surface area contributed by atoms with Gasteiger partial charge >= 0.3 is 6.03 Å². The van der Waals surface area contributed by atoms with Gasteiger partial charge in [0, 0.05) is 12.2 Å². The number of quaternary nitrogens is 1. The molecule has 0 saturated heterocycles. The van der Waals surface area contributed by atoms with Crippen molar-refractivity contribution >= 4 is 23.5 Å². The molecule has 0 fully saturated rings. The van der Waals surface area contributed by atoms with Crippen molar-refractivity contribution in [3.8, 4) is 0 Å². The van der Waals surface area contributed by atoms with Crippen LogP contribution in [0.25, 0.3) is 0 Å². The lowest BCUT2D eigenvalue weighted by Gasteiger charge is -2.13. The molecule has 4 N–H and O–H groups in total. The van der Waals surface area contributed by atoms with Gasteiger partial charge in [-0.05, 0) is 25.5 Å². The summed E-state index contributed by atoms with van der Waals surface area (Å²) in [5.74, 6) is -0.596. The van der Waals surface area contributed by atoms with E-state index >= 15 is 0 Å². The number of hydrogen-bond acceptors (Lipinski definition) is 3. The Morgan fingerprint density at radius 1 is 1.04 bits per heavy atom. The number of hydrogen-bond donors (Lipinski definition) is 4. The fourth-order valence-electron chi connectivity index (χ4n) is 2.05. The molecule has 0 spiro atoms. The number of aryl methyl sites for hydroxylation is 1. The van der Waals surface area contributed by atoms with Crippen molar-refractivity contribution in [1.29, 1.82) is 0 Å². The van der Waals surface area contributed by atoms with E-state index in [0.29, 0.717) is 11.4 Å². The second-order valence-corrected chi connectivity index (χ2v) is 5.88. The Morgan fingerprint density at radius 2 is 1.67 bits per heavy atom. The number of carbonyl (C=O) groups excluding carboxylic acids is 3. The second-order valence-electron chi connectivity index (χ2n) is 5.88. The van der Waals surface area contributed by atoms with Crippen LogP contribution in [-0.4, -0.2) is 44.5 Å². The first-order valence-corrected chi connectivity index (χ1v) is 8.16. The third-order valence-electron chi connectivity index (χ3n) is 3.33. The maximum atomic E-state index is 11.9. The summed E-state index contributed by atoms with van der Waals surface area (Å²) < 4.78 is 0. The van der Waals surface area contributed by atoms with E-state index in [1.807, 2.05) is 38.1 Å². The molecule has 0 aliphatic heterocycles. The smallest absolute Gasteiger partial charge is 0.321 e. The molecule has 7 heteroatoms. The van der Waals surface area contributed by atoms with E-state index in [1.54, 1.807) is 7.05 Å². The highest BCUT2D eigenvalue weighted by atomic mass is 16.2. The van der Waals surface area contributed by atoms with Crippen molar-refractivity contribution < 1.29 is 19.3 Å². The highest BCUT2D eigenvalue weighted by molar-refractivity contribution is 5.95. The molecule has 1 unspecified atom stereocenters. The molecular formula is C17H27N4O3+. The molecule has 1 atom stereocenters. The van der Waals surface area contributed by atoms with Crippen molar-refractivity contribution in [3.63, 3.8) is 0 Å². The average molecular weight is 335 g/mol. The van der Waals surface area contributed by atoms with Gasteiger partial charge in [0.2, 0.25) is 0 Å². The third-order valence-corrected chi connectivity index (χ3v) is 3.33. The maximum absolute atomic E-state index is 11.9. The van der Waals surface area contributed by atoms with Gasteiger partial charge in [-0.25, -0.2) is 4.79 Å². The van der Waals surface area contributed by atoms with Crippen LogP contribution in [0.2, 0.25) is 0 Å². The molecule has 0 aliphatic carbocycles. The van der Waals surface area contributed by atoms with E-state index in [-0.39, 0.29) is 19.0 Å². The fraction of sp³-hybridized carbons (Fsp3) is 0.471. The normalized spacial score (nSPS) is 11.5. The van der Waals surface area contributed by atoms with Gasteiger partial charge in [-0.15, -0.1) is 0 Å². The molecule has 0 saturated carbocycles. The topological polar surface area (TPSA) is 91.7 Å². The van der Waals surface area contributed by atoms with Crippen LogP contribution in [0.3, 0.4) is 0 Å². The molecule has 0 aliphatic rings. The van der Waals surface area contributed by atoms with Crippen molar-refractivity contribution in [1.82, 2.24) is 10.6 Å². The van der Waals surface area contributed by atoms with Crippen LogP contribution < -0.4 is 20.9 Å². The van der Waals surface area contributed by atoms with E-state index in [1.165, 1.54) is 0 Å². The van der Waals surface area contributed by atoms with Gasteiger partial charge in [-0.1, -0.05) is 31.0 Å². The van der Waals surface area contributed by atoms with Gasteiger partial charge in [-0.2, -0.15) is 0 Å². The fourth-order valence-corrected chi connectivity index (χ4v) is 2.05. The molecule has 132 valence electrons. The number of unbranched alkanes of at least 4 members (excludes halogenated alkanes) is 1. The number of nitrogens with one attached hydrogen (secondary N) is 4. The molecule has 1 aromatic rings. The van der Waals surface area contributed by atoms with Gasteiger partial charge in [0.25, 0.3) is 11.8 Å². The largest absolute Gasteiger partial charge is 0.338 e. The van der Waals surface area contributed by atoms with E-state index in [9.17, 15) is 14.4 Å². The number of rotatable bonds is 8. The monoisotopic (exact) mass is 335 g/mol. The van der Waals surface area contributed by atoms with Crippen molar-refractivity contribution in [2.75, 3.05) is 32.0 Å². The van der Waals surface area contributed by atoms with Gasteiger partial charge in [0.1, 0.15) is 0 Å². The Morgan fingerprint density at radius 3 is 2.29 bits per heavy atom.